The van der Waals surface area contributed by atoms with Crippen LogP contribution in [0.5, 0.6) is 0 Å². The van der Waals surface area contributed by atoms with Crippen LogP contribution in [0, 0.1) is 0 Å². The third-order valence-corrected chi connectivity index (χ3v) is 5.56. The minimum atomic E-state index is -1.66. The molecule has 0 saturated carbocycles. The zero-order chi connectivity index (χ0) is 23.3. The fourth-order valence-electron chi connectivity index (χ4n) is 3.88. The standard InChI is InChI=1S/C24H25FN2O6/c25-15-24(16-31-13-17-7-3-1-4-8-17)21(32-14-18-9-5-2-6-10-18)20(29)22(33-24)27-12-11-19(28)26-23(27)30/h1-12,20-22,29H,13-16H2,(H,26,28,30)/t20-,21+,22+,24+/m0/s1. The van der Waals surface area contributed by atoms with Gasteiger partial charge in [-0.2, -0.15) is 0 Å². The number of alkyl halides is 1. The van der Waals surface area contributed by atoms with Crippen LogP contribution in [-0.2, 0) is 27.4 Å². The van der Waals surface area contributed by atoms with Crippen molar-refractivity contribution in [2.75, 3.05) is 13.3 Å². The number of aromatic amines is 1. The molecule has 0 amide bonds. The van der Waals surface area contributed by atoms with Gasteiger partial charge in [0.05, 0.1) is 19.8 Å². The summed E-state index contributed by atoms with van der Waals surface area (Å²) in [5, 5.41) is 11.0. The van der Waals surface area contributed by atoms with Crippen LogP contribution in [0.2, 0.25) is 0 Å². The summed E-state index contributed by atoms with van der Waals surface area (Å²) >= 11 is 0. The van der Waals surface area contributed by atoms with E-state index in [2.05, 4.69) is 4.98 Å². The smallest absolute Gasteiger partial charge is 0.330 e. The molecule has 2 heterocycles. The van der Waals surface area contributed by atoms with Gasteiger partial charge in [-0.1, -0.05) is 60.7 Å². The average Bonchev–Trinajstić information content (AvgIpc) is 3.10. The lowest BCUT2D eigenvalue weighted by Gasteiger charge is -2.31. The number of aromatic nitrogens is 2. The van der Waals surface area contributed by atoms with E-state index in [1.165, 1.54) is 6.20 Å². The Morgan fingerprint density at radius 3 is 2.24 bits per heavy atom. The van der Waals surface area contributed by atoms with E-state index in [-0.39, 0.29) is 19.8 Å². The molecule has 2 aromatic carbocycles. The van der Waals surface area contributed by atoms with Crippen molar-refractivity contribution in [3.05, 3.63) is 105 Å². The summed E-state index contributed by atoms with van der Waals surface area (Å²) in [5.74, 6) is 0. The summed E-state index contributed by atoms with van der Waals surface area (Å²) in [4.78, 5) is 25.9. The first-order valence-electron chi connectivity index (χ1n) is 10.5. The first-order chi connectivity index (χ1) is 16.0. The lowest BCUT2D eigenvalue weighted by Crippen LogP contribution is -2.50. The first kappa shape index (κ1) is 23.1. The van der Waals surface area contributed by atoms with Crippen LogP contribution in [0.1, 0.15) is 17.4 Å². The van der Waals surface area contributed by atoms with Crippen molar-refractivity contribution in [1.82, 2.24) is 9.55 Å². The second kappa shape index (κ2) is 10.2. The number of ether oxygens (including phenoxy) is 3. The normalized spacial score (nSPS) is 24.7. The Balaban J connectivity index is 1.59. The molecule has 0 bridgehead atoms. The van der Waals surface area contributed by atoms with E-state index in [0.29, 0.717) is 0 Å². The SMILES string of the molecule is O=c1ccn([C@@H]2O[C@](CF)(COCc3ccccc3)[C@H](OCc3ccccc3)[C@@H]2O)c(=O)[nH]1. The van der Waals surface area contributed by atoms with E-state index in [9.17, 15) is 19.1 Å². The number of nitrogens with zero attached hydrogens (tertiary/aromatic N) is 1. The van der Waals surface area contributed by atoms with Crippen LogP contribution >= 0.6 is 0 Å². The van der Waals surface area contributed by atoms with Gasteiger partial charge in [0.1, 0.15) is 18.9 Å². The zero-order valence-electron chi connectivity index (χ0n) is 17.8. The fraction of sp³-hybridized carbons (Fsp3) is 0.333. The summed E-state index contributed by atoms with van der Waals surface area (Å²) in [6.07, 6.45) is -2.61. The van der Waals surface area contributed by atoms with E-state index in [1.54, 1.807) is 0 Å². The molecule has 0 spiro atoms. The number of aliphatic hydroxyl groups excluding tert-OH is 1. The third-order valence-electron chi connectivity index (χ3n) is 5.56. The lowest BCUT2D eigenvalue weighted by atomic mass is 9.97. The number of H-pyrrole nitrogens is 1. The number of halogens is 1. The summed E-state index contributed by atoms with van der Waals surface area (Å²) < 4.78 is 33.2. The van der Waals surface area contributed by atoms with Gasteiger partial charge in [0.2, 0.25) is 0 Å². The van der Waals surface area contributed by atoms with Crippen molar-refractivity contribution in [3.63, 3.8) is 0 Å². The van der Waals surface area contributed by atoms with Crippen LogP contribution in [-0.4, -0.2) is 45.7 Å². The molecule has 4 atom stereocenters. The van der Waals surface area contributed by atoms with Crippen molar-refractivity contribution in [2.45, 2.75) is 37.3 Å². The second-order valence-electron chi connectivity index (χ2n) is 7.91. The Labute approximate surface area is 189 Å². The molecule has 0 radical (unpaired) electrons. The summed E-state index contributed by atoms with van der Waals surface area (Å²) in [5.41, 5.74) is -1.33. The Morgan fingerprint density at radius 2 is 1.64 bits per heavy atom. The van der Waals surface area contributed by atoms with Gasteiger partial charge in [-0.25, -0.2) is 9.18 Å². The van der Waals surface area contributed by atoms with Crippen molar-refractivity contribution >= 4 is 0 Å². The highest BCUT2D eigenvalue weighted by molar-refractivity contribution is 5.15. The Bertz CT molecular complexity index is 1150. The second-order valence-corrected chi connectivity index (χ2v) is 7.91. The molecule has 1 aromatic heterocycles. The number of aliphatic hydroxyl groups is 1. The Hall–Kier alpha value is -3.11. The first-order valence-corrected chi connectivity index (χ1v) is 10.5. The highest BCUT2D eigenvalue weighted by atomic mass is 19.1. The van der Waals surface area contributed by atoms with Gasteiger partial charge in [-0.3, -0.25) is 14.3 Å². The highest BCUT2D eigenvalue weighted by Gasteiger charge is 2.57. The molecule has 0 aliphatic carbocycles. The van der Waals surface area contributed by atoms with Gasteiger partial charge in [0.15, 0.2) is 11.8 Å². The fourth-order valence-corrected chi connectivity index (χ4v) is 3.88. The minimum Gasteiger partial charge on any atom is -0.386 e. The molecule has 0 unspecified atom stereocenters. The molecule has 1 aliphatic heterocycles. The van der Waals surface area contributed by atoms with Crippen molar-refractivity contribution in [3.8, 4) is 0 Å². The van der Waals surface area contributed by atoms with E-state index in [1.807, 2.05) is 60.7 Å². The number of benzene rings is 2. The predicted molar refractivity (Wildman–Crippen MR) is 117 cm³/mol. The lowest BCUT2D eigenvalue weighted by molar-refractivity contribution is -0.165. The molecule has 3 aromatic rings. The van der Waals surface area contributed by atoms with Crippen LogP contribution in [0.25, 0.3) is 0 Å². The van der Waals surface area contributed by atoms with Crippen molar-refractivity contribution < 1.29 is 23.7 Å². The van der Waals surface area contributed by atoms with E-state index < -0.39 is 42.0 Å². The maximum atomic E-state index is 14.5. The molecule has 4 rings (SSSR count). The largest absolute Gasteiger partial charge is 0.386 e. The van der Waals surface area contributed by atoms with Gasteiger partial charge in [-0.05, 0) is 11.1 Å². The monoisotopic (exact) mass is 456 g/mol. The van der Waals surface area contributed by atoms with Crippen molar-refractivity contribution in [1.29, 1.82) is 0 Å². The van der Waals surface area contributed by atoms with Gasteiger partial charge in [-0.15, -0.1) is 0 Å². The Kier molecular flexibility index (Phi) is 7.14. The highest BCUT2D eigenvalue weighted by Crippen LogP contribution is 2.40. The topological polar surface area (TPSA) is 103 Å². The van der Waals surface area contributed by atoms with E-state index >= 15 is 0 Å². The van der Waals surface area contributed by atoms with Gasteiger partial charge < -0.3 is 19.3 Å². The van der Waals surface area contributed by atoms with Crippen molar-refractivity contribution in [2.24, 2.45) is 0 Å². The molecule has 1 aliphatic rings. The van der Waals surface area contributed by atoms with Gasteiger partial charge in [0, 0.05) is 12.3 Å². The van der Waals surface area contributed by atoms with Crippen LogP contribution in [0.4, 0.5) is 4.39 Å². The predicted octanol–water partition coefficient (Wildman–Crippen LogP) is 1.94. The number of nitrogens with one attached hydrogen (secondary N) is 1. The summed E-state index contributed by atoms with van der Waals surface area (Å²) in [6.45, 7) is -0.938. The summed E-state index contributed by atoms with van der Waals surface area (Å²) in [7, 11) is 0. The maximum absolute atomic E-state index is 14.5. The maximum Gasteiger partial charge on any atom is 0.330 e. The number of hydrogen-bond donors (Lipinski definition) is 2. The molecular formula is C24H25FN2O6. The molecule has 33 heavy (non-hydrogen) atoms. The minimum absolute atomic E-state index is 0.0968. The molecule has 8 nitrogen and oxygen atoms in total. The number of rotatable bonds is 9. The average molecular weight is 456 g/mol. The quantitative estimate of drug-likeness (QED) is 0.510. The van der Waals surface area contributed by atoms with Crippen LogP contribution in [0.15, 0.2) is 82.5 Å². The molecule has 1 saturated heterocycles. The van der Waals surface area contributed by atoms with E-state index in [4.69, 9.17) is 14.2 Å². The van der Waals surface area contributed by atoms with Gasteiger partial charge in [0.25, 0.3) is 5.56 Å². The molecule has 2 N–H and O–H groups in total. The molecular weight excluding hydrogens is 431 g/mol. The number of hydrogen-bond acceptors (Lipinski definition) is 6. The van der Waals surface area contributed by atoms with E-state index in [0.717, 1.165) is 21.8 Å². The zero-order valence-corrected chi connectivity index (χ0v) is 17.8. The van der Waals surface area contributed by atoms with Crippen LogP contribution < -0.4 is 11.2 Å². The molecule has 174 valence electrons. The van der Waals surface area contributed by atoms with Gasteiger partial charge >= 0.3 is 5.69 Å². The van der Waals surface area contributed by atoms with Crippen LogP contribution in [0.3, 0.4) is 0 Å². The molecule has 1 fully saturated rings. The Morgan fingerprint density at radius 1 is 1.00 bits per heavy atom. The summed E-state index contributed by atoms with van der Waals surface area (Å²) in [6, 6.07) is 19.7. The molecule has 9 heteroatoms. The third kappa shape index (κ3) is 5.12.